The molecule has 1 amide bonds. The summed E-state index contributed by atoms with van der Waals surface area (Å²) < 4.78 is 7.60. The lowest BCUT2D eigenvalue weighted by atomic mass is 10.1. The van der Waals surface area contributed by atoms with Crippen LogP contribution in [0.3, 0.4) is 0 Å². The van der Waals surface area contributed by atoms with Gasteiger partial charge < -0.3 is 10.1 Å². The van der Waals surface area contributed by atoms with Gasteiger partial charge in [0.1, 0.15) is 5.75 Å². The Morgan fingerprint density at radius 1 is 1.11 bits per heavy atom. The Morgan fingerprint density at radius 2 is 1.86 bits per heavy atom. The summed E-state index contributed by atoms with van der Waals surface area (Å²) >= 11 is 0. The lowest BCUT2D eigenvalue weighted by Crippen LogP contribution is -2.15. The Balaban J connectivity index is 1.60. The summed E-state index contributed by atoms with van der Waals surface area (Å²) in [5, 5.41) is 7.67. The maximum absolute atomic E-state index is 12.9. The van der Waals surface area contributed by atoms with E-state index >= 15 is 0 Å². The average molecular weight is 375 g/mol. The van der Waals surface area contributed by atoms with E-state index in [4.69, 9.17) is 9.84 Å². The molecule has 1 aromatic heterocycles. The maximum atomic E-state index is 12.9. The highest BCUT2D eigenvalue weighted by Crippen LogP contribution is 2.29. The van der Waals surface area contributed by atoms with Gasteiger partial charge in [-0.1, -0.05) is 18.2 Å². The van der Waals surface area contributed by atoms with Crippen molar-refractivity contribution in [3.05, 3.63) is 71.0 Å². The van der Waals surface area contributed by atoms with Crippen molar-refractivity contribution in [2.24, 2.45) is 0 Å². The van der Waals surface area contributed by atoms with E-state index in [-0.39, 0.29) is 12.0 Å². The van der Waals surface area contributed by atoms with Gasteiger partial charge in [0.25, 0.3) is 5.91 Å². The van der Waals surface area contributed by atoms with Crippen LogP contribution in [0.15, 0.2) is 48.5 Å². The number of hydrogen-bond donors (Lipinski definition) is 1. The molecule has 0 radical (unpaired) electrons. The van der Waals surface area contributed by atoms with Crippen LogP contribution in [-0.2, 0) is 12.8 Å². The third-order valence-corrected chi connectivity index (χ3v) is 4.97. The van der Waals surface area contributed by atoms with Crippen LogP contribution in [0.5, 0.6) is 5.75 Å². The molecular weight excluding hydrogens is 350 g/mol. The van der Waals surface area contributed by atoms with Gasteiger partial charge in [-0.25, -0.2) is 4.68 Å². The Kier molecular flexibility index (Phi) is 4.90. The number of rotatable bonds is 5. The van der Waals surface area contributed by atoms with Crippen molar-refractivity contribution in [2.45, 2.75) is 46.1 Å². The molecule has 1 aliphatic rings. The first-order chi connectivity index (χ1) is 13.5. The molecule has 0 saturated heterocycles. The molecule has 5 heteroatoms. The minimum Gasteiger partial charge on any atom is -0.491 e. The summed E-state index contributed by atoms with van der Waals surface area (Å²) in [6, 6.07) is 15.6. The molecule has 0 saturated carbocycles. The molecule has 1 N–H and O–H groups in total. The fraction of sp³-hybridized carbons (Fsp3) is 0.304. The number of aromatic nitrogens is 2. The number of aryl methyl sites for hydroxylation is 1. The number of para-hydroxylation sites is 1. The van der Waals surface area contributed by atoms with Crippen molar-refractivity contribution in [1.82, 2.24) is 9.78 Å². The number of nitrogens with zero attached hydrogens (tertiary/aromatic N) is 2. The van der Waals surface area contributed by atoms with E-state index in [1.165, 1.54) is 0 Å². The molecule has 0 unspecified atom stereocenters. The van der Waals surface area contributed by atoms with E-state index in [0.29, 0.717) is 5.69 Å². The normalized spacial score (nSPS) is 12.9. The quantitative estimate of drug-likeness (QED) is 0.703. The van der Waals surface area contributed by atoms with Crippen molar-refractivity contribution >= 4 is 11.6 Å². The first-order valence-electron chi connectivity index (χ1n) is 9.78. The molecule has 1 aliphatic carbocycles. The number of fused-ring (bicyclic) bond motifs is 1. The van der Waals surface area contributed by atoms with Gasteiger partial charge in [0.15, 0.2) is 5.69 Å². The average Bonchev–Trinajstić information content (AvgIpc) is 3.26. The lowest BCUT2D eigenvalue weighted by molar-refractivity contribution is 0.102. The predicted molar refractivity (Wildman–Crippen MR) is 110 cm³/mol. The number of carbonyl (C=O) groups is 1. The first kappa shape index (κ1) is 18.3. The van der Waals surface area contributed by atoms with Gasteiger partial charge in [0.2, 0.25) is 0 Å². The summed E-state index contributed by atoms with van der Waals surface area (Å²) in [6.45, 7) is 6.04. The van der Waals surface area contributed by atoms with Gasteiger partial charge in [0.05, 0.1) is 11.8 Å². The van der Waals surface area contributed by atoms with Crippen molar-refractivity contribution < 1.29 is 9.53 Å². The second-order valence-corrected chi connectivity index (χ2v) is 7.47. The zero-order valence-electron chi connectivity index (χ0n) is 16.5. The molecule has 4 rings (SSSR count). The monoisotopic (exact) mass is 375 g/mol. The van der Waals surface area contributed by atoms with Crippen LogP contribution in [-0.4, -0.2) is 21.8 Å². The molecule has 0 spiro atoms. The van der Waals surface area contributed by atoms with Crippen molar-refractivity contribution in [1.29, 1.82) is 0 Å². The predicted octanol–water partition coefficient (Wildman–Crippen LogP) is 4.71. The van der Waals surface area contributed by atoms with E-state index in [9.17, 15) is 4.79 Å². The van der Waals surface area contributed by atoms with Gasteiger partial charge in [-0.3, -0.25) is 4.79 Å². The highest BCUT2D eigenvalue weighted by molar-refractivity contribution is 6.04. The summed E-state index contributed by atoms with van der Waals surface area (Å²) in [6.07, 6.45) is 3.02. The van der Waals surface area contributed by atoms with Crippen LogP contribution in [0.1, 0.15) is 47.6 Å². The third-order valence-electron chi connectivity index (χ3n) is 4.97. The topological polar surface area (TPSA) is 56.2 Å². The number of benzene rings is 2. The third kappa shape index (κ3) is 3.52. The standard InChI is InChI=1S/C23H25N3O2/c1-15(2)28-18-13-11-17(12-14-18)24-23(27)22-19-8-6-10-21(19)26(25-22)20-9-5-4-7-16(20)3/h4-5,7,9,11-15H,6,8,10H2,1-3H3,(H,24,27). The number of anilines is 1. The number of amides is 1. The Labute approximate surface area is 165 Å². The van der Waals surface area contributed by atoms with E-state index in [2.05, 4.69) is 24.4 Å². The largest absolute Gasteiger partial charge is 0.491 e. The van der Waals surface area contributed by atoms with Crippen molar-refractivity contribution in [3.63, 3.8) is 0 Å². The smallest absolute Gasteiger partial charge is 0.276 e. The number of hydrogen-bond acceptors (Lipinski definition) is 3. The molecule has 28 heavy (non-hydrogen) atoms. The van der Waals surface area contributed by atoms with E-state index in [1.54, 1.807) is 0 Å². The molecule has 3 aromatic rings. The minimum absolute atomic E-state index is 0.119. The van der Waals surface area contributed by atoms with Gasteiger partial charge in [-0.2, -0.15) is 5.10 Å². The molecule has 144 valence electrons. The van der Waals surface area contributed by atoms with Crippen LogP contribution in [0.25, 0.3) is 5.69 Å². The Bertz CT molecular complexity index is 1000. The van der Waals surface area contributed by atoms with Crippen LogP contribution >= 0.6 is 0 Å². The molecule has 0 bridgehead atoms. The number of carbonyl (C=O) groups excluding carboxylic acids is 1. The zero-order chi connectivity index (χ0) is 19.7. The lowest BCUT2D eigenvalue weighted by Gasteiger charge is -2.10. The van der Waals surface area contributed by atoms with Crippen molar-refractivity contribution in [2.75, 3.05) is 5.32 Å². The first-order valence-corrected chi connectivity index (χ1v) is 9.78. The van der Waals surface area contributed by atoms with Crippen molar-refractivity contribution in [3.8, 4) is 11.4 Å². The minimum atomic E-state index is -0.164. The van der Waals surface area contributed by atoms with Crippen LogP contribution in [0.2, 0.25) is 0 Å². The molecule has 0 aliphatic heterocycles. The molecular formula is C23H25N3O2. The summed E-state index contributed by atoms with van der Waals surface area (Å²) in [4.78, 5) is 12.9. The van der Waals surface area contributed by atoms with Gasteiger partial charge >= 0.3 is 0 Å². The second-order valence-electron chi connectivity index (χ2n) is 7.47. The van der Waals surface area contributed by atoms with Crippen LogP contribution in [0.4, 0.5) is 5.69 Å². The van der Waals surface area contributed by atoms with E-state index in [1.807, 2.05) is 54.9 Å². The summed E-state index contributed by atoms with van der Waals surface area (Å²) in [5.74, 6) is 0.626. The molecule has 0 fully saturated rings. The van der Waals surface area contributed by atoms with Gasteiger partial charge in [-0.05, 0) is 75.9 Å². The fourth-order valence-corrected chi connectivity index (χ4v) is 3.70. The Hall–Kier alpha value is -3.08. The van der Waals surface area contributed by atoms with Crippen LogP contribution < -0.4 is 10.1 Å². The fourth-order valence-electron chi connectivity index (χ4n) is 3.70. The zero-order valence-corrected chi connectivity index (χ0v) is 16.5. The number of ether oxygens (including phenoxy) is 1. The summed E-state index contributed by atoms with van der Waals surface area (Å²) in [7, 11) is 0. The second kappa shape index (κ2) is 7.50. The molecule has 2 aromatic carbocycles. The Morgan fingerprint density at radius 3 is 2.57 bits per heavy atom. The van der Waals surface area contributed by atoms with Gasteiger partial charge in [-0.15, -0.1) is 0 Å². The summed E-state index contributed by atoms with van der Waals surface area (Å²) in [5.41, 5.74) is 5.67. The maximum Gasteiger partial charge on any atom is 0.276 e. The molecule has 5 nitrogen and oxygen atoms in total. The number of nitrogens with one attached hydrogen (secondary N) is 1. The highest BCUT2D eigenvalue weighted by Gasteiger charge is 2.27. The van der Waals surface area contributed by atoms with Crippen LogP contribution in [0, 0.1) is 6.92 Å². The SMILES string of the molecule is Cc1ccccc1-n1nc(C(=O)Nc2ccc(OC(C)C)cc2)c2c1CCC2. The molecule has 1 heterocycles. The van der Waals surface area contributed by atoms with E-state index < -0.39 is 0 Å². The van der Waals surface area contributed by atoms with Gasteiger partial charge in [0, 0.05) is 16.9 Å². The highest BCUT2D eigenvalue weighted by atomic mass is 16.5. The van der Waals surface area contributed by atoms with E-state index in [0.717, 1.165) is 53.2 Å². The molecule has 0 atom stereocenters.